The van der Waals surface area contributed by atoms with Gasteiger partial charge in [-0.2, -0.15) is 0 Å². The monoisotopic (exact) mass is 273 g/mol. The van der Waals surface area contributed by atoms with Crippen LogP contribution < -0.4 is 0 Å². The van der Waals surface area contributed by atoms with E-state index in [1.165, 1.54) is 19.3 Å². The topological polar surface area (TPSA) is 20.3 Å². The maximum atomic E-state index is 12.0. The Morgan fingerprint density at radius 3 is 2.27 bits per heavy atom. The highest BCUT2D eigenvalue weighted by atomic mass is 79.9. The first-order valence-corrected chi connectivity index (χ1v) is 7.03. The number of carbonyl (C=O) groups excluding carboxylic acids is 1. The van der Waals surface area contributed by atoms with Gasteiger partial charge in [0.15, 0.2) is 0 Å². The summed E-state index contributed by atoms with van der Waals surface area (Å²) in [6.07, 6.45) is 5.86. The second-order valence-corrected chi connectivity index (χ2v) is 6.41. The van der Waals surface area contributed by atoms with Crippen molar-refractivity contribution in [2.75, 3.05) is 13.1 Å². The molecule has 2 nitrogen and oxygen atoms in total. The van der Waals surface area contributed by atoms with Crippen LogP contribution in [0.25, 0.3) is 0 Å². The molecule has 1 unspecified atom stereocenters. The van der Waals surface area contributed by atoms with E-state index in [9.17, 15) is 4.79 Å². The Bertz CT molecular complexity index is 230. The second-order valence-electron chi connectivity index (χ2n) is 4.97. The lowest BCUT2D eigenvalue weighted by Crippen LogP contribution is -2.44. The molecule has 3 heteroatoms. The fourth-order valence-electron chi connectivity index (χ4n) is 2.49. The molecule has 0 spiro atoms. The molecule has 1 amide bonds. The van der Waals surface area contributed by atoms with Crippen molar-refractivity contribution in [3.63, 3.8) is 0 Å². The lowest BCUT2D eigenvalue weighted by atomic mass is 9.83. The summed E-state index contributed by atoms with van der Waals surface area (Å²) in [7, 11) is 0. The molecule has 1 atom stereocenters. The van der Waals surface area contributed by atoms with E-state index in [1.54, 1.807) is 0 Å². The molecule has 0 aromatic heterocycles. The minimum Gasteiger partial charge on any atom is -0.342 e. The summed E-state index contributed by atoms with van der Waals surface area (Å²) in [6, 6.07) is 0. The summed E-state index contributed by atoms with van der Waals surface area (Å²) >= 11 is 3.64. The van der Waals surface area contributed by atoms with Crippen LogP contribution in [0.4, 0.5) is 0 Å². The number of piperidine rings is 1. The van der Waals surface area contributed by atoms with Gasteiger partial charge in [0.2, 0.25) is 5.91 Å². The van der Waals surface area contributed by atoms with E-state index in [0.29, 0.717) is 16.7 Å². The Morgan fingerprint density at radius 2 is 1.87 bits per heavy atom. The first kappa shape index (κ1) is 11.4. The van der Waals surface area contributed by atoms with Gasteiger partial charge in [0, 0.05) is 23.8 Å². The Balaban J connectivity index is 1.79. The number of rotatable bonds is 2. The predicted molar refractivity (Wildman–Crippen MR) is 65.0 cm³/mol. The maximum Gasteiger partial charge on any atom is 0.225 e. The van der Waals surface area contributed by atoms with Crippen molar-refractivity contribution in [2.45, 2.75) is 43.9 Å². The standard InChI is InChI=1S/C12H20BrNO/c1-9(13)10-5-7-14(8-6-10)12(15)11-3-2-4-11/h9-11H,2-8H2,1H3. The van der Waals surface area contributed by atoms with E-state index < -0.39 is 0 Å². The summed E-state index contributed by atoms with van der Waals surface area (Å²) in [5.41, 5.74) is 0. The van der Waals surface area contributed by atoms with Gasteiger partial charge >= 0.3 is 0 Å². The van der Waals surface area contributed by atoms with Crippen molar-refractivity contribution in [1.82, 2.24) is 4.90 Å². The van der Waals surface area contributed by atoms with Gasteiger partial charge in [-0.15, -0.1) is 0 Å². The second kappa shape index (κ2) is 4.86. The zero-order valence-corrected chi connectivity index (χ0v) is 11.0. The van der Waals surface area contributed by atoms with Gasteiger partial charge in [-0.05, 0) is 31.6 Å². The number of halogens is 1. The van der Waals surface area contributed by atoms with Gasteiger partial charge in [0.1, 0.15) is 0 Å². The average Bonchev–Trinajstić information content (AvgIpc) is 2.15. The van der Waals surface area contributed by atoms with Crippen molar-refractivity contribution in [2.24, 2.45) is 11.8 Å². The average molecular weight is 274 g/mol. The number of nitrogens with zero attached hydrogens (tertiary/aromatic N) is 1. The van der Waals surface area contributed by atoms with Gasteiger partial charge in [-0.25, -0.2) is 0 Å². The van der Waals surface area contributed by atoms with E-state index in [0.717, 1.165) is 31.8 Å². The third kappa shape index (κ3) is 2.55. The Labute approximate surface area is 101 Å². The predicted octanol–water partition coefficient (Wildman–Crippen LogP) is 2.81. The van der Waals surface area contributed by atoms with Crippen molar-refractivity contribution >= 4 is 21.8 Å². The van der Waals surface area contributed by atoms with Gasteiger partial charge in [-0.1, -0.05) is 29.3 Å². The first-order chi connectivity index (χ1) is 7.18. The number of carbonyl (C=O) groups is 1. The largest absolute Gasteiger partial charge is 0.342 e. The van der Waals surface area contributed by atoms with Crippen molar-refractivity contribution in [1.29, 1.82) is 0 Å². The molecule has 0 N–H and O–H groups in total. The molecule has 0 bridgehead atoms. The fourth-order valence-corrected chi connectivity index (χ4v) is 3.02. The van der Waals surface area contributed by atoms with E-state index in [2.05, 4.69) is 27.8 Å². The van der Waals surface area contributed by atoms with Crippen LogP contribution in [-0.2, 0) is 4.79 Å². The SMILES string of the molecule is CC(Br)C1CCN(C(=O)C2CCC2)CC1. The molecular weight excluding hydrogens is 254 g/mol. The van der Waals surface area contributed by atoms with E-state index >= 15 is 0 Å². The number of hydrogen-bond acceptors (Lipinski definition) is 1. The molecule has 2 aliphatic rings. The molecule has 86 valence electrons. The van der Waals surface area contributed by atoms with E-state index in [1.807, 2.05) is 0 Å². The zero-order valence-electron chi connectivity index (χ0n) is 9.42. The molecule has 1 aliphatic heterocycles. The van der Waals surface area contributed by atoms with Crippen molar-refractivity contribution in [3.8, 4) is 0 Å². The summed E-state index contributed by atoms with van der Waals surface area (Å²) < 4.78 is 0. The summed E-state index contributed by atoms with van der Waals surface area (Å²) in [5, 5.41) is 0. The quantitative estimate of drug-likeness (QED) is 0.709. The molecule has 2 rings (SSSR count). The molecule has 0 aromatic rings. The Kier molecular flexibility index (Phi) is 3.70. The van der Waals surface area contributed by atoms with Gasteiger partial charge < -0.3 is 4.90 Å². The van der Waals surface area contributed by atoms with Gasteiger partial charge in [0.25, 0.3) is 0 Å². The first-order valence-electron chi connectivity index (χ1n) is 6.11. The minimum atomic E-state index is 0.378. The lowest BCUT2D eigenvalue weighted by molar-refractivity contribution is -0.139. The third-order valence-corrected chi connectivity index (χ3v) is 4.70. The summed E-state index contributed by atoms with van der Waals surface area (Å²) in [4.78, 5) is 14.7. The molecule has 1 heterocycles. The number of amides is 1. The van der Waals surface area contributed by atoms with Crippen LogP contribution in [0.2, 0.25) is 0 Å². The fraction of sp³-hybridized carbons (Fsp3) is 0.917. The smallest absolute Gasteiger partial charge is 0.225 e. The van der Waals surface area contributed by atoms with Crippen LogP contribution in [0, 0.1) is 11.8 Å². The van der Waals surface area contributed by atoms with E-state index in [-0.39, 0.29) is 0 Å². The minimum absolute atomic E-state index is 0.378. The number of alkyl halides is 1. The molecule has 15 heavy (non-hydrogen) atoms. The molecule has 1 aliphatic carbocycles. The van der Waals surface area contributed by atoms with Gasteiger partial charge in [0.05, 0.1) is 0 Å². The Hall–Kier alpha value is -0.0500. The Morgan fingerprint density at radius 1 is 1.27 bits per heavy atom. The summed E-state index contributed by atoms with van der Waals surface area (Å²) in [6.45, 7) is 4.18. The highest BCUT2D eigenvalue weighted by molar-refractivity contribution is 9.09. The molecule has 0 aromatic carbocycles. The highest BCUT2D eigenvalue weighted by Crippen LogP contribution is 2.31. The van der Waals surface area contributed by atoms with Gasteiger partial charge in [-0.3, -0.25) is 4.79 Å². The van der Waals surface area contributed by atoms with Crippen LogP contribution in [0.3, 0.4) is 0 Å². The molecule has 1 saturated heterocycles. The molecule has 0 radical (unpaired) electrons. The van der Waals surface area contributed by atoms with Crippen LogP contribution >= 0.6 is 15.9 Å². The van der Waals surface area contributed by atoms with Crippen LogP contribution in [0.15, 0.2) is 0 Å². The maximum absolute atomic E-state index is 12.0. The van der Waals surface area contributed by atoms with Crippen molar-refractivity contribution in [3.05, 3.63) is 0 Å². The van der Waals surface area contributed by atoms with Crippen LogP contribution in [0.5, 0.6) is 0 Å². The normalized spacial score (nSPS) is 26.1. The number of likely N-dealkylation sites (tertiary alicyclic amines) is 1. The molecular formula is C12H20BrNO. The highest BCUT2D eigenvalue weighted by Gasteiger charge is 2.32. The van der Waals surface area contributed by atoms with E-state index in [4.69, 9.17) is 0 Å². The molecule has 1 saturated carbocycles. The lowest BCUT2D eigenvalue weighted by Gasteiger charge is -2.37. The van der Waals surface area contributed by atoms with Crippen molar-refractivity contribution < 1.29 is 4.79 Å². The third-order valence-electron chi connectivity index (χ3n) is 3.96. The summed E-state index contributed by atoms with van der Waals surface area (Å²) in [5.74, 6) is 1.57. The molecule has 2 fully saturated rings. The number of hydrogen-bond donors (Lipinski definition) is 0. The van der Waals surface area contributed by atoms with Crippen LogP contribution in [-0.4, -0.2) is 28.7 Å². The van der Waals surface area contributed by atoms with Crippen LogP contribution in [0.1, 0.15) is 39.0 Å². The zero-order chi connectivity index (χ0) is 10.8.